The van der Waals surface area contributed by atoms with Crippen molar-refractivity contribution < 1.29 is 19.2 Å². The number of hydrogen-bond donors (Lipinski definition) is 2. The van der Waals surface area contributed by atoms with E-state index < -0.39 is 0 Å². The van der Waals surface area contributed by atoms with Gasteiger partial charge < -0.3 is 14.4 Å². The number of nitrogens with one attached hydrogen (secondary N) is 2. The predicted molar refractivity (Wildman–Crippen MR) is 74.8 cm³/mol. The van der Waals surface area contributed by atoms with Crippen LogP contribution >= 0.6 is 0 Å². The molecule has 110 valence electrons. The average Bonchev–Trinajstić information content (AvgIpc) is 2.48. The summed E-state index contributed by atoms with van der Waals surface area (Å²) in [5, 5.41) is 1.95. The van der Waals surface area contributed by atoms with Gasteiger partial charge in [-0.05, 0) is 24.3 Å². The van der Waals surface area contributed by atoms with E-state index in [4.69, 9.17) is 9.47 Å². The number of likely N-dealkylation sites (N-methyl/N-ethyl adjacent to an activating group) is 1. The highest BCUT2D eigenvalue weighted by Gasteiger charge is 2.18. The molecule has 0 bridgehead atoms. The zero-order valence-electron chi connectivity index (χ0n) is 12.0. The first-order valence-electron chi connectivity index (χ1n) is 6.80. The van der Waals surface area contributed by atoms with Crippen molar-refractivity contribution in [3.05, 3.63) is 24.3 Å². The lowest BCUT2D eigenvalue weighted by Crippen LogP contribution is -3.12. The van der Waals surface area contributed by atoms with Crippen molar-refractivity contribution in [3.63, 3.8) is 0 Å². The van der Waals surface area contributed by atoms with Crippen LogP contribution in [0.2, 0.25) is 0 Å². The summed E-state index contributed by atoms with van der Waals surface area (Å²) < 4.78 is 10.5. The minimum Gasteiger partial charge on any atom is -0.497 e. The smallest absolute Gasteiger partial charge is 0.272 e. The van der Waals surface area contributed by atoms with Crippen molar-refractivity contribution in [2.45, 2.75) is 0 Å². The molecule has 0 aromatic heterocycles. The van der Waals surface area contributed by atoms with Gasteiger partial charge >= 0.3 is 0 Å². The van der Waals surface area contributed by atoms with Crippen LogP contribution in [0.4, 0.5) is 0 Å². The van der Waals surface area contributed by atoms with Gasteiger partial charge in [0.25, 0.3) is 5.91 Å². The fraction of sp³-hybridized carbons (Fsp3) is 0.500. The molecule has 2 N–H and O–H groups in total. The minimum absolute atomic E-state index is 0.0194. The van der Waals surface area contributed by atoms with Gasteiger partial charge in [0.1, 0.15) is 11.5 Å². The van der Waals surface area contributed by atoms with E-state index in [-0.39, 0.29) is 12.5 Å². The number of carbonyl (C=O) groups excluding carboxylic acids is 1. The monoisotopic (exact) mass is 280 g/mol. The topological polar surface area (TPSA) is 55.2 Å². The van der Waals surface area contributed by atoms with Crippen LogP contribution in [0.25, 0.3) is 0 Å². The number of hydrazine groups is 1. The second-order valence-corrected chi connectivity index (χ2v) is 4.94. The molecular formula is C14H22N3O3+. The molecule has 0 aliphatic carbocycles. The summed E-state index contributed by atoms with van der Waals surface area (Å²) >= 11 is 0. The van der Waals surface area contributed by atoms with Crippen LogP contribution in [-0.2, 0) is 4.79 Å². The fourth-order valence-corrected chi connectivity index (χ4v) is 2.03. The summed E-state index contributed by atoms with van der Waals surface area (Å²) in [7, 11) is 3.77. The molecular weight excluding hydrogens is 258 g/mol. The molecule has 1 heterocycles. The zero-order valence-corrected chi connectivity index (χ0v) is 12.0. The van der Waals surface area contributed by atoms with Crippen LogP contribution in [0.15, 0.2) is 24.3 Å². The molecule has 0 spiro atoms. The Hall–Kier alpha value is -1.79. The highest BCUT2D eigenvalue weighted by atomic mass is 16.5. The van der Waals surface area contributed by atoms with Gasteiger partial charge in [-0.25, -0.2) is 5.01 Å². The SMILES string of the molecule is COc1ccc(OCC(=O)NN2CC[NH+](C)CC2)cc1. The minimum atomic E-state index is -0.125. The molecule has 1 saturated heterocycles. The fourth-order valence-electron chi connectivity index (χ4n) is 2.03. The highest BCUT2D eigenvalue weighted by Crippen LogP contribution is 2.16. The lowest BCUT2D eigenvalue weighted by molar-refractivity contribution is -0.884. The molecule has 1 aromatic rings. The molecule has 6 heteroatoms. The maximum absolute atomic E-state index is 11.8. The van der Waals surface area contributed by atoms with Crippen molar-refractivity contribution in [3.8, 4) is 11.5 Å². The first kappa shape index (κ1) is 14.6. The Kier molecular flexibility index (Phi) is 5.20. The first-order chi connectivity index (χ1) is 9.67. The van der Waals surface area contributed by atoms with Crippen LogP contribution in [-0.4, -0.2) is 57.9 Å². The average molecular weight is 280 g/mol. The number of benzene rings is 1. The van der Waals surface area contributed by atoms with Gasteiger partial charge in [0.15, 0.2) is 6.61 Å². The zero-order chi connectivity index (χ0) is 14.4. The van der Waals surface area contributed by atoms with E-state index >= 15 is 0 Å². The molecule has 0 saturated carbocycles. The van der Waals surface area contributed by atoms with Gasteiger partial charge in [-0.3, -0.25) is 10.2 Å². The van der Waals surface area contributed by atoms with Gasteiger partial charge in [0, 0.05) is 0 Å². The number of methoxy groups -OCH3 is 1. The molecule has 1 fully saturated rings. The van der Waals surface area contributed by atoms with Crippen LogP contribution < -0.4 is 19.8 Å². The lowest BCUT2D eigenvalue weighted by atomic mass is 10.3. The number of piperazine rings is 1. The van der Waals surface area contributed by atoms with E-state index in [1.165, 1.54) is 4.90 Å². The number of nitrogens with zero attached hydrogens (tertiary/aromatic N) is 1. The Labute approximate surface area is 119 Å². The second-order valence-electron chi connectivity index (χ2n) is 4.94. The largest absolute Gasteiger partial charge is 0.497 e. The van der Waals surface area contributed by atoms with Crippen molar-refractivity contribution in [2.75, 3.05) is 46.9 Å². The van der Waals surface area contributed by atoms with Crippen LogP contribution in [0.5, 0.6) is 11.5 Å². The van der Waals surface area contributed by atoms with E-state index in [1.807, 2.05) is 5.01 Å². The van der Waals surface area contributed by atoms with Gasteiger partial charge in [0.05, 0.1) is 40.3 Å². The predicted octanol–water partition coefficient (Wildman–Crippen LogP) is -1.06. The standard InChI is InChI=1S/C14H21N3O3/c1-16-7-9-17(10-8-16)15-14(18)11-20-13-5-3-12(19-2)4-6-13/h3-6H,7-11H2,1-2H3,(H,15,18)/p+1. The number of carbonyl (C=O) groups is 1. The summed E-state index contributed by atoms with van der Waals surface area (Å²) in [6.45, 7) is 3.85. The van der Waals surface area contributed by atoms with Crippen molar-refractivity contribution >= 4 is 5.91 Å². The highest BCUT2D eigenvalue weighted by molar-refractivity contribution is 5.77. The lowest BCUT2D eigenvalue weighted by Gasteiger charge is -2.29. The maximum atomic E-state index is 11.8. The molecule has 2 rings (SSSR count). The number of hydrogen-bond acceptors (Lipinski definition) is 4. The van der Waals surface area contributed by atoms with Gasteiger partial charge in [-0.15, -0.1) is 0 Å². The molecule has 6 nitrogen and oxygen atoms in total. The molecule has 0 radical (unpaired) electrons. The molecule has 0 unspecified atom stereocenters. The number of ether oxygens (including phenoxy) is 2. The van der Waals surface area contributed by atoms with Crippen molar-refractivity contribution in [2.24, 2.45) is 0 Å². The Bertz CT molecular complexity index is 428. The third-order valence-corrected chi connectivity index (χ3v) is 3.33. The molecule has 1 aliphatic heterocycles. The second kappa shape index (κ2) is 7.12. The molecule has 1 aromatic carbocycles. The summed E-state index contributed by atoms with van der Waals surface area (Å²) in [5.41, 5.74) is 2.86. The molecule has 1 aliphatic rings. The maximum Gasteiger partial charge on any atom is 0.272 e. The summed E-state index contributed by atoms with van der Waals surface area (Å²) in [5.74, 6) is 1.30. The normalized spacial score (nSPS) is 16.7. The van der Waals surface area contributed by atoms with E-state index in [2.05, 4.69) is 12.5 Å². The Morgan fingerprint density at radius 2 is 1.85 bits per heavy atom. The van der Waals surface area contributed by atoms with Crippen molar-refractivity contribution in [1.82, 2.24) is 10.4 Å². The summed E-state index contributed by atoms with van der Waals surface area (Å²) in [4.78, 5) is 13.3. The van der Waals surface area contributed by atoms with Crippen LogP contribution in [0.3, 0.4) is 0 Å². The Balaban J connectivity index is 1.71. The Morgan fingerprint density at radius 1 is 1.25 bits per heavy atom. The van der Waals surface area contributed by atoms with E-state index in [1.54, 1.807) is 31.4 Å². The number of quaternary nitrogens is 1. The van der Waals surface area contributed by atoms with Crippen LogP contribution in [0.1, 0.15) is 0 Å². The summed E-state index contributed by atoms with van der Waals surface area (Å²) in [6, 6.07) is 7.17. The van der Waals surface area contributed by atoms with Gasteiger partial charge in [-0.1, -0.05) is 0 Å². The summed E-state index contributed by atoms with van der Waals surface area (Å²) in [6.07, 6.45) is 0. The first-order valence-corrected chi connectivity index (χ1v) is 6.80. The van der Waals surface area contributed by atoms with Gasteiger partial charge in [-0.2, -0.15) is 0 Å². The molecule has 1 amide bonds. The molecule has 0 atom stereocenters. The third-order valence-electron chi connectivity index (χ3n) is 3.33. The van der Waals surface area contributed by atoms with E-state index in [9.17, 15) is 4.79 Å². The van der Waals surface area contributed by atoms with E-state index in [0.717, 1.165) is 31.9 Å². The van der Waals surface area contributed by atoms with Gasteiger partial charge in [0.2, 0.25) is 0 Å². The van der Waals surface area contributed by atoms with Crippen LogP contribution in [0, 0.1) is 0 Å². The molecule has 20 heavy (non-hydrogen) atoms. The quantitative estimate of drug-likeness (QED) is 0.722. The Morgan fingerprint density at radius 3 is 2.45 bits per heavy atom. The number of rotatable bonds is 5. The third kappa shape index (κ3) is 4.40. The van der Waals surface area contributed by atoms with Crippen molar-refractivity contribution in [1.29, 1.82) is 0 Å². The van der Waals surface area contributed by atoms with E-state index in [0.29, 0.717) is 5.75 Å². The number of amides is 1.